The topological polar surface area (TPSA) is 48.1 Å². The van der Waals surface area contributed by atoms with Crippen LogP contribution in [0.4, 0.5) is 17.6 Å². The lowest BCUT2D eigenvalue weighted by Crippen LogP contribution is -2.58. The van der Waals surface area contributed by atoms with Crippen LogP contribution >= 0.6 is 0 Å². The molecule has 0 saturated heterocycles. The number of halogens is 4. The first-order chi connectivity index (χ1) is 9.58. The van der Waals surface area contributed by atoms with Gasteiger partial charge in [0.05, 0.1) is 12.8 Å². The Morgan fingerprint density at radius 3 is 2.67 bits per heavy atom. The molecule has 1 atom stereocenters. The van der Waals surface area contributed by atoms with E-state index in [1.165, 1.54) is 12.3 Å². The van der Waals surface area contributed by atoms with Gasteiger partial charge in [-0.15, -0.1) is 0 Å². The third-order valence-corrected chi connectivity index (χ3v) is 3.92. The summed E-state index contributed by atoms with van der Waals surface area (Å²) in [6.07, 6.45) is 0.360. The largest absolute Gasteiger partial charge is 0.470 e. The van der Waals surface area contributed by atoms with Crippen molar-refractivity contribution in [1.29, 1.82) is 0 Å². The van der Waals surface area contributed by atoms with Crippen molar-refractivity contribution in [3.05, 3.63) is 23.4 Å². The number of nitrogens with two attached hydrogens (primary N) is 1. The monoisotopic (exact) mass is 304 g/mol. The van der Waals surface area contributed by atoms with Gasteiger partial charge >= 0.3 is 0 Å². The zero-order valence-electron chi connectivity index (χ0n) is 11.5. The molecule has 1 aliphatic heterocycles. The predicted octanol–water partition coefficient (Wildman–Crippen LogP) is 3.23. The van der Waals surface area contributed by atoms with Crippen molar-refractivity contribution in [2.24, 2.45) is 5.73 Å². The Labute approximate surface area is 119 Å². The Bertz CT molecular complexity index is 563. The maximum Gasteiger partial charge on any atom is 0.255 e. The maximum absolute atomic E-state index is 13.1. The lowest BCUT2D eigenvalue weighted by molar-refractivity contribution is -0.202. The van der Waals surface area contributed by atoms with Gasteiger partial charge in [-0.05, 0) is 18.6 Å². The number of ether oxygens (including phenoxy) is 1. The maximum atomic E-state index is 13.1. The van der Waals surface area contributed by atoms with Crippen LogP contribution in [0, 0.1) is 0 Å². The van der Waals surface area contributed by atoms with E-state index in [0.717, 1.165) is 6.92 Å². The zero-order chi connectivity index (χ0) is 15.5. The molecule has 0 aromatic carbocycles. The number of fused-ring (bicyclic) bond motifs is 1. The normalized spacial score (nSPS) is 25.9. The van der Waals surface area contributed by atoms with Crippen LogP contribution in [0.15, 0.2) is 12.3 Å². The second kappa shape index (κ2) is 4.32. The van der Waals surface area contributed by atoms with Crippen molar-refractivity contribution in [3.63, 3.8) is 0 Å². The molecule has 1 aromatic rings. The van der Waals surface area contributed by atoms with E-state index in [2.05, 4.69) is 4.98 Å². The second-order valence-electron chi connectivity index (χ2n) is 6.29. The number of alkyl halides is 4. The van der Waals surface area contributed by atoms with Gasteiger partial charge < -0.3 is 10.5 Å². The van der Waals surface area contributed by atoms with Gasteiger partial charge in [-0.25, -0.2) is 22.5 Å². The van der Waals surface area contributed by atoms with E-state index in [1.54, 1.807) is 0 Å². The van der Waals surface area contributed by atoms with Crippen molar-refractivity contribution >= 4 is 0 Å². The van der Waals surface area contributed by atoms with Crippen molar-refractivity contribution in [2.45, 2.75) is 56.1 Å². The fraction of sp³-hybridized carbons (Fsp3) is 0.643. The summed E-state index contributed by atoms with van der Waals surface area (Å²) in [6, 6.07) is 1.01. The minimum absolute atomic E-state index is 0.187. The molecule has 3 nitrogen and oxygen atoms in total. The number of nitrogens with zero attached hydrogens (tertiary/aromatic N) is 1. The highest BCUT2D eigenvalue weighted by Crippen LogP contribution is 2.54. The number of hydrogen-bond acceptors (Lipinski definition) is 3. The predicted molar refractivity (Wildman–Crippen MR) is 67.6 cm³/mol. The smallest absolute Gasteiger partial charge is 0.255 e. The Hall–Kier alpha value is -1.37. The lowest BCUT2D eigenvalue weighted by Gasteiger charge is -2.50. The van der Waals surface area contributed by atoms with Crippen LogP contribution in [-0.4, -0.2) is 22.4 Å². The summed E-state index contributed by atoms with van der Waals surface area (Å²) in [5, 5.41) is 0. The van der Waals surface area contributed by atoms with Gasteiger partial charge in [-0.3, -0.25) is 0 Å². The highest BCUT2D eigenvalue weighted by Gasteiger charge is 2.60. The van der Waals surface area contributed by atoms with Gasteiger partial charge in [0.15, 0.2) is 0 Å². The van der Waals surface area contributed by atoms with Crippen molar-refractivity contribution < 1.29 is 22.3 Å². The Kier molecular flexibility index (Phi) is 2.99. The molecule has 116 valence electrons. The highest BCUT2D eigenvalue weighted by atomic mass is 19.3. The summed E-state index contributed by atoms with van der Waals surface area (Å²) in [5.41, 5.74) is 5.91. The molecule has 0 bridgehead atoms. The molecule has 7 heteroatoms. The minimum atomic E-state index is -2.84. The Balaban J connectivity index is 1.84. The molecule has 2 heterocycles. The summed E-state index contributed by atoms with van der Waals surface area (Å²) in [4.78, 5) is 4.00. The molecular formula is C14H16F4N2O. The molecule has 1 aromatic heterocycles. The van der Waals surface area contributed by atoms with Crippen LogP contribution in [0.3, 0.4) is 0 Å². The minimum Gasteiger partial charge on any atom is -0.470 e. The molecule has 0 radical (unpaired) electrons. The van der Waals surface area contributed by atoms with E-state index in [9.17, 15) is 17.6 Å². The molecule has 21 heavy (non-hydrogen) atoms. The van der Waals surface area contributed by atoms with Gasteiger partial charge in [-0.2, -0.15) is 0 Å². The molecule has 2 aliphatic rings. The van der Waals surface area contributed by atoms with Gasteiger partial charge in [0.2, 0.25) is 11.8 Å². The van der Waals surface area contributed by atoms with Crippen LogP contribution in [0.2, 0.25) is 0 Å². The molecular weight excluding hydrogens is 288 g/mol. The second-order valence-corrected chi connectivity index (χ2v) is 6.29. The molecule has 0 unspecified atom stereocenters. The molecule has 1 spiro atoms. The number of pyridine rings is 1. The van der Waals surface area contributed by atoms with Crippen LogP contribution < -0.4 is 10.5 Å². The quantitative estimate of drug-likeness (QED) is 0.853. The first-order valence-electron chi connectivity index (χ1n) is 6.77. The van der Waals surface area contributed by atoms with Crippen molar-refractivity contribution in [3.8, 4) is 5.88 Å². The van der Waals surface area contributed by atoms with E-state index in [4.69, 9.17) is 10.5 Å². The lowest BCUT2D eigenvalue weighted by atomic mass is 9.70. The van der Waals surface area contributed by atoms with Crippen LogP contribution in [0.25, 0.3) is 0 Å². The number of aromatic nitrogens is 1. The molecule has 2 N–H and O–H groups in total. The van der Waals surface area contributed by atoms with Gasteiger partial charge in [0, 0.05) is 30.6 Å². The molecule has 1 aliphatic carbocycles. The summed E-state index contributed by atoms with van der Waals surface area (Å²) in [6.45, 7) is 0.828. The average molecular weight is 304 g/mol. The Morgan fingerprint density at radius 2 is 2.10 bits per heavy atom. The van der Waals surface area contributed by atoms with E-state index in [0.29, 0.717) is 11.1 Å². The fourth-order valence-electron chi connectivity index (χ4n) is 3.19. The SMILES string of the molecule is CC(F)(F)Cc1cnc2c(c1)[C@@H](N)CC1(CC(F)(F)C1)O2. The third kappa shape index (κ3) is 2.84. The van der Waals surface area contributed by atoms with Crippen molar-refractivity contribution in [1.82, 2.24) is 4.98 Å². The number of hydrogen-bond donors (Lipinski definition) is 1. The summed E-state index contributed by atoms with van der Waals surface area (Å²) in [5.74, 6) is -5.37. The van der Waals surface area contributed by atoms with Gasteiger partial charge in [0.1, 0.15) is 5.60 Å². The number of rotatable bonds is 2. The summed E-state index contributed by atoms with van der Waals surface area (Å²) >= 11 is 0. The van der Waals surface area contributed by atoms with Gasteiger partial charge in [0.25, 0.3) is 5.92 Å². The third-order valence-electron chi connectivity index (χ3n) is 3.92. The van der Waals surface area contributed by atoms with Crippen LogP contribution in [0.5, 0.6) is 5.88 Å². The standard InChI is InChI=1S/C14H16F4N2O/c1-12(15,16)3-8-2-9-10(19)4-13(6-14(17,18)7-13)21-11(9)20-5-8/h2,5,10H,3-4,6-7,19H2,1H3/t10-/m0/s1. The average Bonchev–Trinajstić information content (AvgIpc) is 2.25. The van der Waals surface area contributed by atoms with E-state index in [-0.39, 0.29) is 25.1 Å². The van der Waals surface area contributed by atoms with Crippen LogP contribution in [-0.2, 0) is 6.42 Å². The first-order valence-corrected chi connectivity index (χ1v) is 6.77. The molecule has 0 amide bonds. The summed E-state index contributed by atoms with van der Waals surface area (Å²) in [7, 11) is 0. The van der Waals surface area contributed by atoms with E-state index >= 15 is 0 Å². The highest BCUT2D eigenvalue weighted by molar-refractivity contribution is 5.37. The van der Waals surface area contributed by atoms with E-state index in [1.807, 2.05) is 0 Å². The van der Waals surface area contributed by atoms with Crippen molar-refractivity contribution in [2.75, 3.05) is 0 Å². The van der Waals surface area contributed by atoms with E-state index < -0.39 is 29.9 Å². The molecule has 3 rings (SSSR count). The molecule has 1 saturated carbocycles. The van der Waals surface area contributed by atoms with Crippen LogP contribution in [0.1, 0.15) is 43.4 Å². The molecule has 1 fully saturated rings. The summed E-state index contributed by atoms with van der Waals surface area (Å²) < 4.78 is 57.9. The fourth-order valence-corrected chi connectivity index (χ4v) is 3.19. The Morgan fingerprint density at radius 1 is 1.43 bits per heavy atom. The van der Waals surface area contributed by atoms with Gasteiger partial charge in [-0.1, -0.05) is 0 Å². The zero-order valence-corrected chi connectivity index (χ0v) is 11.5. The first kappa shape index (κ1) is 14.6.